The fraction of sp³-hybridized carbons (Fsp3) is 0.286. The number of carboxylic acid groups (broad SMARTS) is 1. The van der Waals surface area contributed by atoms with E-state index in [2.05, 4.69) is 4.98 Å². The number of hydrogen-bond donors (Lipinski definition) is 1. The highest BCUT2D eigenvalue weighted by Crippen LogP contribution is 2.30. The van der Waals surface area contributed by atoms with Crippen LogP contribution in [0.15, 0.2) is 29.2 Å². The van der Waals surface area contributed by atoms with Crippen LogP contribution in [0.4, 0.5) is 0 Å². The number of aryl methyl sites for hydroxylation is 1. The summed E-state index contributed by atoms with van der Waals surface area (Å²) in [6, 6.07) is 7.60. The van der Waals surface area contributed by atoms with E-state index in [1.54, 1.807) is 0 Å². The fourth-order valence-electron chi connectivity index (χ4n) is 1.82. The molecule has 1 N–H and O–H groups in total. The largest absolute Gasteiger partial charge is 0.494 e. The van der Waals surface area contributed by atoms with E-state index in [4.69, 9.17) is 9.84 Å². The maximum absolute atomic E-state index is 10.7. The van der Waals surface area contributed by atoms with Gasteiger partial charge in [-0.25, -0.2) is 0 Å². The van der Waals surface area contributed by atoms with E-state index in [0.29, 0.717) is 6.61 Å². The second-order valence-corrected chi connectivity index (χ2v) is 5.07. The van der Waals surface area contributed by atoms with Crippen LogP contribution >= 0.6 is 11.8 Å². The van der Waals surface area contributed by atoms with Gasteiger partial charge in [0, 0.05) is 16.0 Å². The number of ether oxygens (including phenoxy) is 1. The molecule has 1 heterocycles. The van der Waals surface area contributed by atoms with E-state index in [1.165, 1.54) is 11.8 Å². The molecule has 0 aliphatic rings. The molecular formula is C14H15NO3S. The van der Waals surface area contributed by atoms with Gasteiger partial charge in [0.25, 0.3) is 0 Å². The van der Waals surface area contributed by atoms with Crippen LogP contribution in [-0.2, 0) is 4.79 Å². The van der Waals surface area contributed by atoms with Gasteiger partial charge in [-0.1, -0.05) is 0 Å². The minimum Gasteiger partial charge on any atom is -0.494 e. The Balaban J connectivity index is 2.46. The lowest BCUT2D eigenvalue weighted by Gasteiger charge is -2.09. The molecule has 0 spiro atoms. The van der Waals surface area contributed by atoms with Gasteiger partial charge in [-0.3, -0.25) is 9.78 Å². The highest BCUT2D eigenvalue weighted by molar-refractivity contribution is 8.00. The third-order valence-corrected chi connectivity index (χ3v) is 3.57. The maximum atomic E-state index is 10.7. The molecule has 0 fully saturated rings. The van der Waals surface area contributed by atoms with Crippen molar-refractivity contribution in [2.24, 2.45) is 0 Å². The summed E-state index contributed by atoms with van der Waals surface area (Å²) >= 11 is 1.30. The van der Waals surface area contributed by atoms with E-state index in [9.17, 15) is 4.79 Å². The highest BCUT2D eigenvalue weighted by atomic mass is 32.2. The smallest absolute Gasteiger partial charge is 0.313 e. The molecule has 0 aliphatic carbocycles. The van der Waals surface area contributed by atoms with E-state index >= 15 is 0 Å². The zero-order valence-corrected chi connectivity index (χ0v) is 11.7. The van der Waals surface area contributed by atoms with Crippen LogP contribution in [0.2, 0.25) is 0 Å². The molecule has 0 unspecified atom stereocenters. The van der Waals surface area contributed by atoms with Crippen molar-refractivity contribution < 1.29 is 14.6 Å². The lowest BCUT2D eigenvalue weighted by molar-refractivity contribution is -0.133. The number of rotatable bonds is 5. The van der Waals surface area contributed by atoms with Gasteiger partial charge >= 0.3 is 5.97 Å². The minimum atomic E-state index is -0.825. The number of carboxylic acids is 1. The summed E-state index contributed by atoms with van der Waals surface area (Å²) in [5.74, 6) is -0.0105. The number of fused-ring (bicyclic) bond motifs is 1. The summed E-state index contributed by atoms with van der Waals surface area (Å²) in [7, 11) is 0. The molecule has 0 saturated carbocycles. The van der Waals surface area contributed by atoms with Crippen LogP contribution in [0.5, 0.6) is 5.75 Å². The van der Waals surface area contributed by atoms with Crippen LogP contribution in [0.25, 0.3) is 10.9 Å². The predicted octanol–water partition coefficient (Wildman–Crippen LogP) is 3.12. The van der Waals surface area contributed by atoms with Crippen molar-refractivity contribution >= 4 is 28.6 Å². The first-order valence-electron chi connectivity index (χ1n) is 5.99. The van der Waals surface area contributed by atoms with Gasteiger partial charge in [-0.15, -0.1) is 11.8 Å². The topological polar surface area (TPSA) is 59.4 Å². The van der Waals surface area contributed by atoms with Crippen molar-refractivity contribution in [1.82, 2.24) is 4.98 Å². The summed E-state index contributed by atoms with van der Waals surface area (Å²) in [4.78, 5) is 16.1. The summed E-state index contributed by atoms with van der Waals surface area (Å²) < 4.78 is 5.47. The highest BCUT2D eigenvalue weighted by Gasteiger charge is 2.08. The zero-order valence-electron chi connectivity index (χ0n) is 10.8. The SMILES string of the molecule is CCOc1ccc2nc(C)cc(SCC(=O)O)c2c1. The molecule has 4 nitrogen and oxygen atoms in total. The molecule has 2 rings (SSSR count). The number of benzene rings is 1. The minimum absolute atomic E-state index is 0.0391. The Bertz CT molecular complexity index is 613. The number of carbonyl (C=O) groups is 1. The molecule has 0 atom stereocenters. The molecule has 0 saturated heterocycles. The molecule has 19 heavy (non-hydrogen) atoms. The Morgan fingerprint density at radius 2 is 2.21 bits per heavy atom. The third kappa shape index (κ3) is 3.38. The van der Waals surface area contributed by atoms with Crippen LogP contribution in [0.3, 0.4) is 0 Å². The van der Waals surface area contributed by atoms with Crippen molar-refractivity contribution in [2.45, 2.75) is 18.7 Å². The number of nitrogens with zero attached hydrogens (tertiary/aromatic N) is 1. The van der Waals surface area contributed by atoms with E-state index in [-0.39, 0.29) is 5.75 Å². The molecule has 100 valence electrons. The maximum Gasteiger partial charge on any atom is 0.313 e. The number of thioether (sulfide) groups is 1. The second-order valence-electron chi connectivity index (χ2n) is 4.06. The summed E-state index contributed by atoms with van der Waals surface area (Å²) in [6.07, 6.45) is 0. The van der Waals surface area contributed by atoms with Crippen molar-refractivity contribution in [3.63, 3.8) is 0 Å². The van der Waals surface area contributed by atoms with Gasteiger partial charge in [0.2, 0.25) is 0 Å². The van der Waals surface area contributed by atoms with E-state index in [0.717, 1.165) is 27.2 Å². The average Bonchev–Trinajstić information content (AvgIpc) is 2.36. The lowest BCUT2D eigenvalue weighted by Crippen LogP contribution is -1.98. The molecule has 0 radical (unpaired) electrons. The van der Waals surface area contributed by atoms with Gasteiger partial charge in [-0.05, 0) is 38.1 Å². The Hall–Kier alpha value is -1.75. The summed E-state index contributed by atoms with van der Waals surface area (Å²) in [5.41, 5.74) is 1.74. The first kappa shape index (κ1) is 13.7. The van der Waals surface area contributed by atoms with Crippen LogP contribution in [-0.4, -0.2) is 28.4 Å². The predicted molar refractivity (Wildman–Crippen MR) is 76.0 cm³/mol. The third-order valence-electron chi connectivity index (χ3n) is 2.53. The number of aliphatic carboxylic acids is 1. The van der Waals surface area contributed by atoms with Crippen molar-refractivity contribution in [2.75, 3.05) is 12.4 Å². The van der Waals surface area contributed by atoms with E-state index in [1.807, 2.05) is 38.1 Å². The van der Waals surface area contributed by atoms with Crippen molar-refractivity contribution in [3.8, 4) is 5.75 Å². The normalized spacial score (nSPS) is 10.6. The van der Waals surface area contributed by atoms with Gasteiger partial charge in [0.15, 0.2) is 0 Å². The first-order valence-corrected chi connectivity index (χ1v) is 6.97. The number of aromatic nitrogens is 1. The van der Waals surface area contributed by atoms with Gasteiger partial charge in [-0.2, -0.15) is 0 Å². The summed E-state index contributed by atoms with van der Waals surface area (Å²) in [6.45, 7) is 4.43. The molecule has 0 aliphatic heterocycles. The van der Waals surface area contributed by atoms with Crippen LogP contribution in [0, 0.1) is 6.92 Å². The average molecular weight is 277 g/mol. The molecule has 0 amide bonds. The Labute approximate surface area is 115 Å². The first-order chi connectivity index (χ1) is 9.10. The number of hydrogen-bond acceptors (Lipinski definition) is 4. The fourth-order valence-corrected chi connectivity index (χ4v) is 2.67. The van der Waals surface area contributed by atoms with E-state index < -0.39 is 5.97 Å². The van der Waals surface area contributed by atoms with Gasteiger partial charge < -0.3 is 9.84 Å². The molecular weight excluding hydrogens is 262 g/mol. The Morgan fingerprint density at radius 3 is 2.89 bits per heavy atom. The molecule has 0 bridgehead atoms. The quantitative estimate of drug-likeness (QED) is 0.851. The second kappa shape index (κ2) is 5.93. The van der Waals surface area contributed by atoms with Gasteiger partial charge in [0.05, 0.1) is 17.9 Å². The van der Waals surface area contributed by atoms with Crippen LogP contribution < -0.4 is 4.74 Å². The summed E-state index contributed by atoms with van der Waals surface area (Å²) in [5, 5.41) is 9.73. The Morgan fingerprint density at radius 1 is 1.42 bits per heavy atom. The zero-order chi connectivity index (χ0) is 13.8. The van der Waals surface area contributed by atoms with Crippen molar-refractivity contribution in [3.05, 3.63) is 30.0 Å². The van der Waals surface area contributed by atoms with Crippen molar-refractivity contribution in [1.29, 1.82) is 0 Å². The molecule has 2 aromatic rings. The lowest BCUT2D eigenvalue weighted by atomic mass is 10.2. The Kier molecular flexibility index (Phi) is 4.27. The molecule has 1 aromatic carbocycles. The molecule has 5 heteroatoms. The monoisotopic (exact) mass is 277 g/mol. The molecule has 1 aromatic heterocycles. The standard InChI is InChI=1S/C14H15NO3S/c1-3-18-10-4-5-12-11(7-10)13(6-9(2)15-12)19-8-14(16)17/h4-7H,3,8H2,1-2H3,(H,16,17). The number of pyridine rings is 1. The van der Waals surface area contributed by atoms with Gasteiger partial charge in [0.1, 0.15) is 5.75 Å². The van der Waals surface area contributed by atoms with Crippen LogP contribution in [0.1, 0.15) is 12.6 Å².